The lowest BCUT2D eigenvalue weighted by Crippen LogP contribution is -2.16. The quantitative estimate of drug-likeness (QED) is 0.166. The van der Waals surface area contributed by atoms with Crippen molar-refractivity contribution in [1.82, 2.24) is 0 Å². The number of hydrogen-bond acceptors (Lipinski definition) is 7. The SMILES string of the molecule is CCOC(=O)c1c(-c2ccc(C)cc2)csc1NC(=O)/C(C#N)=C/c1cccc([N+](=O)[O-])c1. The van der Waals surface area contributed by atoms with E-state index in [1.54, 1.807) is 24.4 Å². The first-order chi connectivity index (χ1) is 15.8. The molecule has 1 amide bonds. The van der Waals surface area contributed by atoms with Crippen molar-refractivity contribution in [3.63, 3.8) is 0 Å². The van der Waals surface area contributed by atoms with Crippen LogP contribution in [0.25, 0.3) is 17.2 Å². The van der Waals surface area contributed by atoms with Gasteiger partial charge in [0.25, 0.3) is 11.6 Å². The van der Waals surface area contributed by atoms with Crippen LogP contribution in [0.3, 0.4) is 0 Å². The van der Waals surface area contributed by atoms with Crippen LogP contribution < -0.4 is 5.32 Å². The number of nitrogens with one attached hydrogen (secondary N) is 1. The highest BCUT2D eigenvalue weighted by Crippen LogP contribution is 2.36. The number of ether oxygens (including phenoxy) is 1. The van der Waals surface area contributed by atoms with Crippen LogP contribution in [0.5, 0.6) is 0 Å². The Hall–Kier alpha value is -4.29. The molecule has 8 nitrogen and oxygen atoms in total. The van der Waals surface area contributed by atoms with Gasteiger partial charge in [-0.15, -0.1) is 11.3 Å². The highest BCUT2D eigenvalue weighted by molar-refractivity contribution is 7.15. The van der Waals surface area contributed by atoms with Crippen molar-refractivity contribution in [3.05, 3.63) is 86.3 Å². The fraction of sp³-hybridized carbons (Fsp3) is 0.125. The molecule has 33 heavy (non-hydrogen) atoms. The second kappa shape index (κ2) is 10.3. The molecule has 0 aliphatic rings. The summed E-state index contributed by atoms with van der Waals surface area (Å²) in [6, 6.07) is 14.9. The van der Waals surface area contributed by atoms with Crippen LogP contribution in [0.4, 0.5) is 10.7 Å². The first kappa shape index (κ1) is 23.4. The zero-order valence-electron chi connectivity index (χ0n) is 17.8. The van der Waals surface area contributed by atoms with Gasteiger partial charge in [0.2, 0.25) is 0 Å². The molecule has 1 heterocycles. The predicted octanol–water partition coefficient (Wildman–Crippen LogP) is 5.35. The smallest absolute Gasteiger partial charge is 0.341 e. The fourth-order valence-electron chi connectivity index (χ4n) is 3.02. The van der Waals surface area contributed by atoms with Gasteiger partial charge >= 0.3 is 5.97 Å². The summed E-state index contributed by atoms with van der Waals surface area (Å²) in [5.41, 5.74) is 2.55. The number of nitro benzene ring substituents is 1. The Bertz CT molecular complexity index is 1290. The number of esters is 1. The molecule has 0 bridgehead atoms. The monoisotopic (exact) mass is 461 g/mol. The average molecular weight is 461 g/mol. The van der Waals surface area contributed by atoms with Crippen LogP contribution in [-0.2, 0) is 9.53 Å². The number of amides is 1. The van der Waals surface area contributed by atoms with E-state index < -0.39 is 16.8 Å². The molecule has 1 N–H and O–H groups in total. The van der Waals surface area contributed by atoms with E-state index in [4.69, 9.17) is 4.74 Å². The summed E-state index contributed by atoms with van der Waals surface area (Å²) < 4.78 is 5.19. The summed E-state index contributed by atoms with van der Waals surface area (Å²) in [4.78, 5) is 35.9. The highest BCUT2D eigenvalue weighted by Gasteiger charge is 2.24. The van der Waals surface area contributed by atoms with Crippen LogP contribution >= 0.6 is 11.3 Å². The number of carbonyl (C=O) groups excluding carboxylic acids is 2. The Labute approximate surface area is 193 Å². The standard InChI is InChI=1S/C24H19N3O5S/c1-3-32-24(29)21-20(17-9-7-15(2)8-10-17)14-33-23(21)26-22(28)18(13-25)11-16-5-4-6-19(12-16)27(30)31/h4-12,14H,3H2,1-2H3,(H,26,28)/b18-11+. The number of carbonyl (C=O) groups is 2. The van der Waals surface area contributed by atoms with Crippen LogP contribution in [0.15, 0.2) is 59.5 Å². The molecule has 0 saturated heterocycles. The van der Waals surface area contributed by atoms with E-state index in [9.17, 15) is 25.0 Å². The number of non-ortho nitro benzene ring substituents is 1. The van der Waals surface area contributed by atoms with Gasteiger partial charge in [0.15, 0.2) is 0 Å². The van der Waals surface area contributed by atoms with E-state index in [1.165, 1.54) is 24.3 Å². The van der Waals surface area contributed by atoms with Crippen molar-refractivity contribution in [2.45, 2.75) is 13.8 Å². The molecule has 3 aromatic rings. The maximum atomic E-state index is 12.8. The lowest BCUT2D eigenvalue weighted by Gasteiger charge is -2.09. The number of nitro groups is 1. The summed E-state index contributed by atoms with van der Waals surface area (Å²) >= 11 is 1.14. The Balaban J connectivity index is 1.96. The first-order valence-electron chi connectivity index (χ1n) is 9.87. The summed E-state index contributed by atoms with van der Waals surface area (Å²) in [5.74, 6) is -1.34. The number of rotatable bonds is 7. The molecular weight excluding hydrogens is 442 g/mol. The van der Waals surface area contributed by atoms with Gasteiger partial charge in [-0.05, 0) is 31.1 Å². The van der Waals surface area contributed by atoms with Gasteiger partial charge in [-0.3, -0.25) is 14.9 Å². The van der Waals surface area contributed by atoms with Crippen LogP contribution in [0.1, 0.15) is 28.4 Å². The van der Waals surface area contributed by atoms with Gasteiger partial charge in [0.1, 0.15) is 22.2 Å². The summed E-state index contributed by atoms with van der Waals surface area (Å²) in [5, 5.41) is 25.1. The molecule has 0 radical (unpaired) electrons. The van der Waals surface area contributed by atoms with Gasteiger partial charge in [-0.25, -0.2) is 4.79 Å². The number of nitrogens with zero attached hydrogens (tertiary/aromatic N) is 2. The van der Waals surface area contributed by atoms with Gasteiger partial charge < -0.3 is 10.1 Å². The molecule has 0 unspecified atom stereocenters. The molecule has 0 aliphatic carbocycles. The molecule has 166 valence electrons. The Kier molecular flexibility index (Phi) is 7.33. The van der Waals surface area contributed by atoms with E-state index in [1.807, 2.05) is 31.2 Å². The van der Waals surface area contributed by atoms with Crippen molar-refractivity contribution in [2.75, 3.05) is 11.9 Å². The largest absolute Gasteiger partial charge is 0.462 e. The molecular formula is C24H19N3O5S. The van der Waals surface area contributed by atoms with Crippen molar-refractivity contribution in [3.8, 4) is 17.2 Å². The molecule has 0 spiro atoms. The van der Waals surface area contributed by atoms with E-state index in [2.05, 4.69) is 5.32 Å². The average Bonchev–Trinajstić information content (AvgIpc) is 3.21. The first-order valence-corrected chi connectivity index (χ1v) is 10.7. The summed E-state index contributed by atoms with van der Waals surface area (Å²) in [7, 11) is 0. The third-order valence-corrected chi connectivity index (χ3v) is 5.51. The number of anilines is 1. The lowest BCUT2D eigenvalue weighted by molar-refractivity contribution is -0.384. The summed E-state index contributed by atoms with van der Waals surface area (Å²) in [6.45, 7) is 3.79. The lowest BCUT2D eigenvalue weighted by atomic mass is 10.0. The second-order valence-corrected chi connectivity index (χ2v) is 7.80. The summed E-state index contributed by atoms with van der Waals surface area (Å²) in [6.07, 6.45) is 1.25. The predicted molar refractivity (Wildman–Crippen MR) is 126 cm³/mol. The van der Waals surface area contributed by atoms with Gasteiger partial charge in [-0.2, -0.15) is 5.26 Å². The van der Waals surface area contributed by atoms with Crippen LogP contribution in [0, 0.1) is 28.4 Å². The number of benzene rings is 2. The van der Waals surface area contributed by atoms with Crippen LogP contribution in [-0.4, -0.2) is 23.4 Å². The van der Waals surface area contributed by atoms with Gasteiger partial charge in [0, 0.05) is 23.1 Å². The normalized spacial score (nSPS) is 10.9. The molecule has 0 atom stereocenters. The van der Waals surface area contributed by atoms with E-state index in [-0.39, 0.29) is 28.4 Å². The van der Waals surface area contributed by atoms with Gasteiger partial charge in [-0.1, -0.05) is 42.0 Å². The minimum atomic E-state index is -0.744. The van der Waals surface area contributed by atoms with Crippen molar-refractivity contribution >= 4 is 40.0 Å². The number of hydrogen-bond donors (Lipinski definition) is 1. The second-order valence-electron chi connectivity index (χ2n) is 6.92. The zero-order valence-corrected chi connectivity index (χ0v) is 18.6. The van der Waals surface area contributed by atoms with Crippen LogP contribution in [0.2, 0.25) is 0 Å². The van der Waals surface area contributed by atoms with Crippen molar-refractivity contribution in [1.29, 1.82) is 5.26 Å². The zero-order chi connectivity index (χ0) is 24.0. The molecule has 1 aromatic heterocycles. The molecule has 0 fully saturated rings. The van der Waals surface area contributed by atoms with Crippen molar-refractivity contribution < 1.29 is 19.2 Å². The molecule has 9 heteroatoms. The van der Waals surface area contributed by atoms with E-state index in [0.29, 0.717) is 11.1 Å². The van der Waals surface area contributed by atoms with E-state index >= 15 is 0 Å². The number of thiophene rings is 1. The highest BCUT2D eigenvalue weighted by atomic mass is 32.1. The third-order valence-electron chi connectivity index (χ3n) is 4.62. The minimum Gasteiger partial charge on any atom is -0.462 e. The third kappa shape index (κ3) is 5.50. The number of nitriles is 1. The fourth-order valence-corrected chi connectivity index (χ4v) is 3.97. The minimum absolute atomic E-state index is 0.158. The van der Waals surface area contributed by atoms with E-state index in [0.717, 1.165) is 22.5 Å². The molecule has 0 saturated carbocycles. The number of aryl methyl sites for hydroxylation is 1. The Morgan fingerprint density at radius 3 is 2.61 bits per heavy atom. The molecule has 2 aromatic carbocycles. The maximum Gasteiger partial charge on any atom is 0.341 e. The Morgan fingerprint density at radius 1 is 1.24 bits per heavy atom. The van der Waals surface area contributed by atoms with Crippen molar-refractivity contribution in [2.24, 2.45) is 0 Å². The topological polar surface area (TPSA) is 122 Å². The molecule has 0 aliphatic heterocycles. The molecule has 3 rings (SSSR count). The van der Waals surface area contributed by atoms with Gasteiger partial charge in [0.05, 0.1) is 11.5 Å². The Morgan fingerprint density at radius 2 is 1.97 bits per heavy atom. The maximum absolute atomic E-state index is 12.8.